The van der Waals surface area contributed by atoms with Gasteiger partial charge in [-0.2, -0.15) is 0 Å². The van der Waals surface area contributed by atoms with Crippen LogP contribution in [0.5, 0.6) is 0 Å². The summed E-state index contributed by atoms with van der Waals surface area (Å²) in [6, 6.07) is 10.8. The first kappa shape index (κ1) is 15.0. The van der Waals surface area contributed by atoms with Crippen molar-refractivity contribution in [1.29, 1.82) is 0 Å². The van der Waals surface area contributed by atoms with E-state index in [1.807, 2.05) is 7.11 Å². The van der Waals surface area contributed by atoms with Gasteiger partial charge < -0.3 is 9.47 Å². The molecule has 1 saturated carbocycles. The molecule has 1 aliphatic carbocycles. The van der Waals surface area contributed by atoms with Crippen LogP contribution in [0.1, 0.15) is 24.8 Å². The summed E-state index contributed by atoms with van der Waals surface area (Å²) >= 11 is 0. The molecule has 0 unspecified atom stereocenters. The molecule has 1 aliphatic heterocycles. The van der Waals surface area contributed by atoms with Gasteiger partial charge in [0.2, 0.25) is 0 Å². The number of benzene rings is 1. The first-order valence-corrected chi connectivity index (χ1v) is 8.21. The molecule has 116 valence electrons. The summed E-state index contributed by atoms with van der Waals surface area (Å²) in [6.45, 7) is 4.98. The lowest BCUT2D eigenvalue weighted by atomic mass is 9.89. The first-order chi connectivity index (χ1) is 10.3. The van der Waals surface area contributed by atoms with E-state index in [0.717, 1.165) is 39.3 Å². The average molecular weight is 289 g/mol. The zero-order chi connectivity index (χ0) is 14.5. The van der Waals surface area contributed by atoms with Crippen molar-refractivity contribution in [3.63, 3.8) is 0 Å². The normalized spacial score (nSPS) is 30.0. The van der Waals surface area contributed by atoms with E-state index < -0.39 is 0 Å². The lowest BCUT2D eigenvalue weighted by Crippen LogP contribution is -2.55. The Morgan fingerprint density at radius 1 is 1.33 bits per heavy atom. The molecular weight excluding hydrogens is 262 g/mol. The number of hydrogen-bond donors (Lipinski definition) is 0. The highest BCUT2D eigenvalue weighted by Gasteiger charge is 2.46. The lowest BCUT2D eigenvalue weighted by molar-refractivity contribution is -0.139. The van der Waals surface area contributed by atoms with Gasteiger partial charge in [0.25, 0.3) is 0 Å². The minimum Gasteiger partial charge on any atom is -0.384 e. The SMILES string of the molecule is COC[C@H]1CCC[C@]12CN(CCc1ccccc1)CCO2. The van der Waals surface area contributed by atoms with Gasteiger partial charge in [-0.15, -0.1) is 0 Å². The van der Waals surface area contributed by atoms with Crippen molar-refractivity contribution in [2.75, 3.05) is 40.0 Å². The molecule has 0 N–H and O–H groups in total. The second-order valence-corrected chi connectivity index (χ2v) is 6.47. The zero-order valence-corrected chi connectivity index (χ0v) is 13.1. The Morgan fingerprint density at radius 3 is 3.00 bits per heavy atom. The quantitative estimate of drug-likeness (QED) is 0.832. The topological polar surface area (TPSA) is 21.7 Å². The molecule has 1 spiro atoms. The number of morpholine rings is 1. The van der Waals surface area contributed by atoms with E-state index in [2.05, 4.69) is 35.2 Å². The highest BCUT2D eigenvalue weighted by molar-refractivity contribution is 5.15. The molecule has 1 saturated heterocycles. The Hall–Kier alpha value is -0.900. The van der Waals surface area contributed by atoms with Crippen LogP contribution in [-0.4, -0.2) is 50.5 Å². The predicted molar refractivity (Wildman–Crippen MR) is 84.5 cm³/mol. The monoisotopic (exact) mass is 289 g/mol. The van der Waals surface area contributed by atoms with Crippen LogP contribution in [-0.2, 0) is 15.9 Å². The molecule has 21 heavy (non-hydrogen) atoms. The molecule has 0 bridgehead atoms. The fourth-order valence-corrected chi connectivity index (χ4v) is 3.95. The smallest absolute Gasteiger partial charge is 0.0859 e. The average Bonchev–Trinajstić information content (AvgIpc) is 2.89. The molecule has 2 fully saturated rings. The minimum atomic E-state index is 0.0605. The number of nitrogens with zero attached hydrogens (tertiary/aromatic N) is 1. The third-order valence-electron chi connectivity index (χ3n) is 5.11. The van der Waals surface area contributed by atoms with Crippen LogP contribution in [0.2, 0.25) is 0 Å². The van der Waals surface area contributed by atoms with Crippen molar-refractivity contribution in [3.05, 3.63) is 35.9 Å². The predicted octanol–water partition coefficient (Wildman–Crippen LogP) is 2.75. The number of rotatable bonds is 5. The molecule has 0 aromatic heterocycles. The molecule has 2 aliphatic rings. The van der Waals surface area contributed by atoms with E-state index in [-0.39, 0.29) is 5.60 Å². The van der Waals surface area contributed by atoms with Crippen molar-refractivity contribution in [2.45, 2.75) is 31.3 Å². The van der Waals surface area contributed by atoms with Crippen LogP contribution < -0.4 is 0 Å². The van der Waals surface area contributed by atoms with Crippen LogP contribution in [0.15, 0.2) is 30.3 Å². The fourth-order valence-electron chi connectivity index (χ4n) is 3.95. The number of methoxy groups -OCH3 is 1. The van der Waals surface area contributed by atoms with Gasteiger partial charge in [0.1, 0.15) is 0 Å². The molecule has 1 heterocycles. The summed E-state index contributed by atoms with van der Waals surface area (Å²) in [6.07, 6.45) is 4.86. The molecule has 3 heteroatoms. The van der Waals surface area contributed by atoms with E-state index >= 15 is 0 Å². The van der Waals surface area contributed by atoms with Gasteiger partial charge in [-0.1, -0.05) is 36.8 Å². The molecule has 0 radical (unpaired) electrons. The van der Waals surface area contributed by atoms with Crippen molar-refractivity contribution < 1.29 is 9.47 Å². The molecule has 0 amide bonds. The molecule has 2 atom stereocenters. The molecule has 3 rings (SSSR count). The Labute approximate surface area is 128 Å². The summed E-state index contributed by atoms with van der Waals surface area (Å²) in [4.78, 5) is 2.59. The van der Waals surface area contributed by atoms with Gasteiger partial charge in [0.15, 0.2) is 0 Å². The standard InChI is InChI=1S/C18H27NO2/c1-20-14-17-8-5-10-18(17)15-19(12-13-21-18)11-9-16-6-3-2-4-7-16/h2-4,6-7,17H,5,8-15H2,1H3/t17-,18+/m1/s1. The Kier molecular flexibility index (Phi) is 4.94. The van der Waals surface area contributed by atoms with Crippen molar-refractivity contribution >= 4 is 0 Å². The van der Waals surface area contributed by atoms with Gasteiger partial charge >= 0.3 is 0 Å². The van der Waals surface area contributed by atoms with Gasteiger partial charge in [0, 0.05) is 32.7 Å². The Balaban J connectivity index is 1.58. The number of hydrogen-bond acceptors (Lipinski definition) is 3. The summed E-state index contributed by atoms with van der Waals surface area (Å²) < 4.78 is 11.7. The Morgan fingerprint density at radius 2 is 2.19 bits per heavy atom. The summed E-state index contributed by atoms with van der Waals surface area (Å²) in [5.74, 6) is 0.571. The molecule has 1 aromatic rings. The fraction of sp³-hybridized carbons (Fsp3) is 0.667. The van der Waals surface area contributed by atoms with E-state index in [1.54, 1.807) is 0 Å². The third-order valence-corrected chi connectivity index (χ3v) is 5.11. The minimum absolute atomic E-state index is 0.0605. The van der Waals surface area contributed by atoms with Crippen LogP contribution in [0.3, 0.4) is 0 Å². The van der Waals surface area contributed by atoms with Crippen LogP contribution >= 0.6 is 0 Å². The van der Waals surface area contributed by atoms with E-state index in [4.69, 9.17) is 9.47 Å². The highest BCUT2D eigenvalue weighted by atomic mass is 16.5. The van der Waals surface area contributed by atoms with Crippen LogP contribution in [0.4, 0.5) is 0 Å². The van der Waals surface area contributed by atoms with Crippen LogP contribution in [0, 0.1) is 5.92 Å². The van der Waals surface area contributed by atoms with Crippen LogP contribution in [0.25, 0.3) is 0 Å². The van der Waals surface area contributed by atoms with Crippen molar-refractivity contribution in [2.24, 2.45) is 5.92 Å². The molecular formula is C18H27NO2. The summed E-state index contributed by atoms with van der Waals surface area (Å²) in [5.41, 5.74) is 1.49. The van der Waals surface area contributed by atoms with E-state index in [9.17, 15) is 0 Å². The second-order valence-electron chi connectivity index (χ2n) is 6.47. The van der Waals surface area contributed by atoms with Gasteiger partial charge in [-0.3, -0.25) is 4.90 Å². The largest absolute Gasteiger partial charge is 0.384 e. The maximum Gasteiger partial charge on any atom is 0.0859 e. The molecule has 3 nitrogen and oxygen atoms in total. The zero-order valence-electron chi connectivity index (χ0n) is 13.1. The maximum atomic E-state index is 6.25. The van der Waals surface area contributed by atoms with Crippen molar-refractivity contribution in [3.8, 4) is 0 Å². The Bertz CT molecular complexity index is 436. The maximum absolute atomic E-state index is 6.25. The second kappa shape index (κ2) is 6.91. The van der Waals surface area contributed by atoms with E-state index in [1.165, 1.54) is 24.8 Å². The third kappa shape index (κ3) is 3.47. The summed E-state index contributed by atoms with van der Waals surface area (Å²) in [5, 5.41) is 0. The van der Waals surface area contributed by atoms with Gasteiger partial charge in [-0.05, 0) is 24.8 Å². The van der Waals surface area contributed by atoms with Gasteiger partial charge in [-0.25, -0.2) is 0 Å². The summed E-state index contributed by atoms with van der Waals surface area (Å²) in [7, 11) is 1.81. The first-order valence-electron chi connectivity index (χ1n) is 8.21. The van der Waals surface area contributed by atoms with E-state index in [0.29, 0.717) is 5.92 Å². The van der Waals surface area contributed by atoms with Gasteiger partial charge in [0.05, 0.1) is 18.8 Å². The number of ether oxygens (including phenoxy) is 2. The lowest BCUT2D eigenvalue weighted by Gasteiger charge is -2.44. The molecule has 1 aromatic carbocycles. The van der Waals surface area contributed by atoms with Crippen molar-refractivity contribution in [1.82, 2.24) is 4.90 Å². The highest BCUT2D eigenvalue weighted by Crippen LogP contribution is 2.41.